The minimum absolute atomic E-state index is 0.0385. The van der Waals surface area contributed by atoms with Crippen LogP contribution in [0.2, 0.25) is 0 Å². The van der Waals surface area contributed by atoms with Crippen LogP contribution in [0.25, 0.3) is 10.8 Å². The highest BCUT2D eigenvalue weighted by Gasteiger charge is 2.17. The first-order valence-electron chi connectivity index (χ1n) is 7.80. The van der Waals surface area contributed by atoms with Crippen molar-refractivity contribution in [2.45, 2.75) is 31.0 Å². The summed E-state index contributed by atoms with van der Waals surface area (Å²) in [6, 6.07) is 14.0. The largest absolute Gasteiger partial charge is 0.325 e. The Morgan fingerprint density at radius 3 is 2.79 bits per heavy atom. The van der Waals surface area contributed by atoms with Gasteiger partial charge in [-0.1, -0.05) is 48.2 Å². The number of aromatic nitrogens is 2. The lowest BCUT2D eigenvalue weighted by Crippen LogP contribution is -2.23. The fraction of sp³-hybridized carbons (Fsp3) is 0.211. The molecule has 0 aliphatic carbocycles. The van der Waals surface area contributed by atoms with E-state index in [9.17, 15) is 4.79 Å². The zero-order valence-electron chi connectivity index (χ0n) is 13.9. The molecule has 0 bridgehead atoms. The van der Waals surface area contributed by atoms with E-state index < -0.39 is 0 Å². The van der Waals surface area contributed by atoms with E-state index >= 15 is 0 Å². The minimum atomic E-state index is -0.273. The molecule has 0 unspecified atom stereocenters. The van der Waals surface area contributed by atoms with Gasteiger partial charge in [-0.2, -0.15) is 5.10 Å². The number of fused-ring (bicyclic) bond motifs is 1. The smallest absolute Gasteiger partial charge is 0.237 e. The molecule has 0 aliphatic rings. The predicted molar refractivity (Wildman–Crippen MR) is 99.4 cm³/mol. The monoisotopic (exact) mass is 337 g/mol. The number of nitrogens with zero attached hydrogens (tertiary/aromatic N) is 2. The van der Waals surface area contributed by atoms with Crippen LogP contribution in [-0.4, -0.2) is 21.4 Å². The van der Waals surface area contributed by atoms with Gasteiger partial charge in [0.15, 0.2) is 0 Å². The molecular weight excluding hydrogens is 318 g/mol. The molecule has 5 heteroatoms. The quantitative estimate of drug-likeness (QED) is 0.719. The number of aryl methyl sites for hydroxylation is 2. The summed E-state index contributed by atoms with van der Waals surface area (Å²) in [6.45, 7) is 5.89. The van der Waals surface area contributed by atoms with E-state index in [0.717, 1.165) is 32.6 Å². The van der Waals surface area contributed by atoms with Gasteiger partial charge in [0.1, 0.15) is 5.03 Å². The number of thioether (sulfide) groups is 1. The van der Waals surface area contributed by atoms with E-state index in [-0.39, 0.29) is 11.2 Å². The lowest BCUT2D eigenvalue weighted by atomic mass is 10.1. The number of amides is 1. The van der Waals surface area contributed by atoms with Gasteiger partial charge in [0.2, 0.25) is 5.91 Å². The highest BCUT2D eigenvalue weighted by atomic mass is 32.2. The molecule has 4 nitrogen and oxygen atoms in total. The zero-order chi connectivity index (χ0) is 17.1. The van der Waals surface area contributed by atoms with Crippen LogP contribution in [0.4, 0.5) is 5.69 Å². The van der Waals surface area contributed by atoms with Gasteiger partial charge in [-0.15, -0.1) is 5.10 Å². The Morgan fingerprint density at radius 1 is 1.17 bits per heavy atom. The van der Waals surface area contributed by atoms with Crippen molar-refractivity contribution in [2.75, 3.05) is 5.32 Å². The molecule has 2 aromatic carbocycles. The number of carbonyl (C=O) groups is 1. The number of hydrogen-bond donors (Lipinski definition) is 1. The van der Waals surface area contributed by atoms with Crippen LogP contribution in [0.3, 0.4) is 0 Å². The second-order valence-corrected chi connectivity index (χ2v) is 7.13. The van der Waals surface area contributed by atoms with E-state index in [0.29, 0.717) is 0 Å². The summed E-state index contributed by atoms with van der Waals surface area (Å²) in [5.74, 6) is -0.0385. The van der Waals surface area contributed by atoms with Crippen molar-refractivity contribution in [3.63, 3.8) is 0 Å². The molecule has 0 radical (unpaired) electrons. The van der Waals surface area contributed by atoms with Crippen LogP contribution in [0.5, 0.6) is 0 Å². The van der Waals surface area contributed by atoms with Gasteiger partial charge in [0.25, 0.3) is 0 Å². The Hall–Kier alpha value is -2.40. The van der Waals surface area contributed by atoms with Crippen molar-refractivity contribution in [3.05, 3.63) is 59.8 Å². The molecule has 0 aliphatic heterocycles. The lowest BCUT2D eigenvalue weighted by molar-refractivity contribution is -0.115. The summed E-state index contributed by atoms with van der Waals surface area (Å²) >= 11 is 1.42. The van der Waals surface area contributed by atoms with Gasteiger partial charge >= 0.3 is 0 Å². The lowest BCUT2D eigenvalue weighted by Gasteiger charge is -2.14. The summed E-state index contributed by atoms with van der Waals surface area (Å²) in [7, 11) is 0. The Morgan fingerprint density at radius 2 is 1.96 bits per heavy atom. The first-order chi connectivity index (χ1) is 11.5. The molecule has 1 N–H and O–H groups in total. The summed E-state index contributed by atoms with van der Waals surface area (Å²) < 4.78 is 0. The maximum atomic E-state index is 12.5. The molecule has 24 heavy (non-hydrogen) atoms. The van der Waals surface area contributed by atoms with Crippen molar-refractivity contribution in [2.24, 2.45) is 0 Å². The third-order valence-electron chi connectivity index (χ3n) is 3.85. The molecule has 0 spiro atoms. The first kappa shape index (κ1) is 16.5. The topological polar surface area (TPSA) is 54.9 Å². The third-order valence-corrected chi connectivity index (χ3v) is 4.94. The van der Waals surface area contributed by atoms with E-state index in [1.165, 1.54) is 11.8 Å². The molecule has 1 aromatic heterocycles. The van der Waals surface area contributed by atoms with Crippen LogP contribution in [0, 0.1) is 13.8 Å². The molecule has 0 fully saturated rings. The third kappa shape index (κ3) is 3.57. The average molecular weight is 337 g/mol. The number of benzene rings is 2. The van der Waals surface area contributed by atoms with Gasteiger partial charge in [-0.05, 0) is 38.0 Å². The second kappa shape index (κ2) is 7.01. The van der Waals surface area contributed by atoms with Crippen molar-refractivity contribution in [1.29, 1.82) is 0 Å². The van der Waals surface area contributed by atoms with E-state index in [1.807, 2.05) is 63.2 Å². The number of nitrogens with one attached hydrogen (secondary N) is 1. The maximum Gasteiger partial charge on any atom is 0.237 e. The molecular formula is C19H19N3OS. The Labute approximate surface area is 145 Å². The molecule has 3 aromatic rings. The summed E-state index contributed by atoms with van der Waals surface area (Å²) in [5, 5.41) is 13.8. The fourth-order valence-corrected chi connectivity index (χ4v) is 3.32. The molecule has 0 saturated heterocycles. The minimum Gasteiger partial charge on any atom is -0.325 e. The van der Waals surface area contributed by atoms with E-state index in [4.69, 9.17) is 0 Å². The van der Waals surface area contributed by atoms with Crippen LogP contribution >= 0.6 is 11.8 Å². The average Bonchev–Trinajstić information content (AvgIpc) is 2.58. The molecule has 1 atom stereocenters. The molecule has 1 amide bonds. The highest BCUT2D eigenvalue weighted by Crippen LogP contribution is 2.29. The number of anilines is 1. The van der Waals surface area contributed by atoms with Crippen molar-refractivity contribution < 1.29 is 4.79 Å². The van der Waals surface area contributed by atoms with E-state index in [1.54, 1.807) is 6.20 Å². The Bertz CT molecular complexity index is 889. The first-order valence-corrected chi connectivity index (χ1v) is 8.68. The van der Waals surface area contributed by atoms with Crippen LogP contribution < -0.4 is 5.32 Å². The SMILES string of the molecule is Cc1ccc(C)c(NC(=O)[C@H](C)Sc2nncc3ccccc23)c1. The predicted octanol–water partition coefficient (Wildman–Crippen LogP) is 4.37. The van der Waals surface area contributed by atoms with Crippen molar-refractivity contribution >= 4 is 34.1 Å². The van der Waals surface area contributed by atoms with Crippen molar-refractivity contribution in [1.82, 2.24) is 10.2 Å². The zero-order valence-corrected chi connectivity index (χ0v) is 14.7. The summed E-state index contributed by atoms with van der Waals surface area (Å²) in [5.41, 5.74) is 3.03. The normalized spacial score (nSPS) is 12.1. The second-order valence-electron chi connectivity index (χ2n) is 5.80. The standard InChI is InChI=1S/C19H19N3OS/c1-12-8-9-13(2)17(10-12)21-18(23)14(3)24-19-16-7-5-4-6-15(16)11-20-22-19/h4-11,14H,1-3H3,(H,21,23)/t14-/m0/s1. The molecule has 1 heterocycles. The van der Waals surface area contributed by atoms with Gasteiger partial charge in [-0.3, -0.25) is 4.79 Å². The number of carbonyl (C=O) groups excluding carboxylic acids is 1. The van der Waals surface area contributed by atoms with Crippen LogP contribution in [0.15, 0.2) is 53.7 Å². The molecule has 122 valence electrons. The summed E-state index contributed by atoms with van der Waals surface area (Å²) in [6.07, 6.45) is 1.74. The number of rotatable bonds is 4. The molecule has 0 saturated carbocycles. The van der Waals surface area contributed by atoms with Crippen molar-refractivity contribution in [3.8, 4) is 0 Å². The maximum absolute atomic E-state index is 12.5. The fourth-order valence-electron chi connectivity index (χ4n) is 2.41. The van der Waals surface area contributed by atoms with Gasteiger partial charge in [0.05, 0.1) is 11.4 Å². The van der Waals surface area contributed by atoms with Crippen LogP contribution in [-0.2, 0) is 4.79 Å². The van der Waals surface area contributed by atoms with Gasteiger partial charge < -0.3 is 5.32 Å². The Balaban J connectivity index is 1.77. The molecule has 3 rings (SSSR count). The van der Waals surface area contributed by atoms with Crippen LogP contribution in [0.1, 0.15) is 18.1 Å². The number of hydrogen-bond acceptors (Lipinski definition) is 4. The Kier molecular flexibility index (Phi) is 4.81. The van der Waals surface area contributed by atoms with E-state index in [2.05, 4.69) is 15.5 Å². The summed E-state index contributed by atoms with van der Waals surface area (Å²) in [4.78, 5) is 12.5. The highest BCUT2D eigenvalue weighted by molar-refractivity contribution is 8.00. The van der Waals surface area contributed by atoms with Gasteiger partial charge in [0, 0.05) is 16.5 Å². The van der Waals surface area contributed by atoms with Gasteiger partial charge in [-0.25, -0.2) is 0 Å².